The van der Waals surface area contributed by atoms with Crippen molar-refractivity contribution in [3.05, 3.63) is 29.3 Å². The van der Waals surface area contributed by atoms with Crippen molar-refractivity contribution in [2.45, 2.75) is 39.5 Å². The van der Waals surface area contributed by atoms with Crippen LogP contribution >= 0.6 is 0 Å². The van der Waals surface area contributed by atoms with Crippen LogP contribution in [0.3, 0.4) is 0 Å². The van der Waals surface area contributed by atoms with E-state index in [1.54, 1.807) is 6.07 Å². The maximum atomic E-state index is 9.33. The molecule has 0 fully saturated rings. The number of hydrogen-bond acceptors (Lipinski definition) is 1. The smallest absolute Gasteiger partial charge is 0.115 e. The van der Waals surface area contributed by atoms with E-state index in [9.17, 15) is 5.11 Å². The van der Waals surface area contributed by atoms with Crippen LogP contribution < -0.4 is 0 Å². The van der Waals surface area contributed by atoms with Crippen molar-refractivity contribution in [3.63, 3.8) is 0 Å². The van der Waals surface area contributed by atoms with Crippen molar-refractivity contribution in [2.24, 2.45) is 0 Å². The van der Waals surface area contributed by atoms with Gasteiger partial charge in [0.15, 0.2) is 0 Å². The number of aryl methyl sites for hydroxylation is 2. The van der Waals surface area contributed by atoms with Crippen LogP contribution in [-0.2, 0) is 12.8 Å². The van der Waals surface area contributed by atoms with Crippen LogP contribution in [0.4, 0.5) is 0 Å². The number of rotatable bonds is 4. The maximum Gasteiger partial charge on any atom is 0.115 e. The molecular weight excluding hydrogens is 160 g/mol. The summed E-state index contributed by atoms with van der Waals surface area (Å²) in [5, 5.41) is 9.33. The van der Waals surface area contributed by atoms with E-state index in [0.29, 0.717) is 5.75 Å². The minimum atomic E-state index is 0.392. The standard InChI is InChI=1S/C12H18O/c1-3-5-6-11-9-12(13)8-7-10(11)4-2/h7-9,13H,3-6H2,1-2H3. The topological polar surface area (TPSA) is 20.2 Å². The van der Waals surface area contributed by atoms with E-state index in [1.807, 2.05) is 12.1 Å². The van der Waals surface area contributed by atoms with Crippen molar-refractivity contribution in [1.82, 2.24) is 0 Å². The molecular formula is C12H18O. The molecule has 1 nitrogen and oxygen atoms in total. The van der Waals surface area contributed by atoms with Crippen LogP contribution in [0.1, 0.15) is 37.8 Å². The van der Waals surface area contributed by atoms with Crippen LogP contribution in [0.5, 0.6) is 5.75 Å². The van der Waals surface area contributed by atoms with E-state index in [4.69, 9.17) is 0 Å². The molecule has 0 spiro atoms. The van der Waals surface area contributed by atoms with Crippen molar-refractivity contribution >= 4 is 0 Å². The Kier molecular flexibility index (Phi) is 3.81. The van der Waals surface area contributed by atoms with Crippen molar-refractivity contribution in [2.75, 3.05) is 0 Å². The number of phenolic OH excluding ortho intramolecular Hbond substituents is 1. The molecule has 1 N–H and O–H groups in total. The molecule has 0 aliphatic carbocycles. The molecule has 72 valence electrons. The molecule has 0 aliphatic heterocycles. The number of benzene rings is 1. The van der Waals surface area contributed by atoms with Gasteiger partial charge in [-0.3, -0.25) is 0 Å². The van der Waals surface area contributed by atoms with Gasteiger partial charge in [-0.05, 0) is 42.5 Å². The highest BCUT2D eigenvalue weighted by molar-refractivity contribution is 5.34. The Morgan fingerprint density at radius 1 is 1.15 bits per heavy atom. The summed E-state index contributed by atoms with van der Waals surface area (Å²) in [6.07, 6.45) is 4.56. The highest BCUT2D eigenvalue weighted by Gasteiger charge is 2.01. The predicted molar refractivity (Wildman–Crippen MR) is 56.1 cm³/mol. The molecule has 0 saturated carbocycles. The van der Waals surface area contributed by atoms with Gasteiger partial charge in [-0.1, -0.05) is 26.3 Å². The lowest BCUT2D eigenvalue weighted by atomic mass is 10.00. The fraction of sp³-hybridized carbons (Fsp3) is 0.500. The van der Waals surface area contributed by atoms with Crippen LogP contribution in [-0.4, -0.2) is 5.11 Å². The number of unbranched alkanes of at least 4 members (excludes halogenated alkanes) is 1. The van der Waals surface area contributed by atoms with Gasteiger partial charge in [0.25, 0.3) is 0 Å². The third kappa shape index (κ3) is 2.76. The molecule has 1 heteroatoms. The van der Waals surface area contributed by atoms with Crippen molar-refractivity contribution in [3.8, 4) is 5.75 Å². The lowest BCUT2D eigenvalue weighted by Crippen LogP contribution is -1.92. The van der Waals surface area contributed by atoms with Crippen LogP contribution in [0.25, 0.3) is 0 Å². The molecule has 1 aromatic carbocycles. The average Bonchev–Trinajstić information content (AvgIpc) is 2.15. The highest BCUT2D eigenvalue weighted by Crippen LogP contribution is 2.19. The van der Waals surface area contributed by atoms with E-state index < -0.39 is 0 Å². The van der Waals surface area contributed by atoms with Gasteiger partial charge in [0.2, 0.25) is 0 Å². The molecule has 0 bridgehead atoms. The van der Waals surface area contributed by atoms with E-state index in [-0.39, 0.29) is 0 Å². The Balaban J connectivity index is 2.81. The van der Waals surface area contributed by atoms with Gasteiger partial charge in [0.1, 0.15) is 5.75 Å². The first kappa shape index (κ1) is 10.1. The summed E-state index contributed by atoms with van der Waals surface area (Å²) in [7, 11) is 0. The summed E-state index contributed by atoms with van der Waals surface area (Å²) in [6.45, 7) is 4.34. The normalized spacial score (nSPS) is 10.3. The Labute approximate surface area is 80.4 Å². The largest absolute Gasteiger partial charge is 0.508 e. The van der Waals surface area contributed by atoms with Gasteiger partial charge >= 0.3 is 0 Å². The predicted octanol–water partition coefficient (Wildman–Crippen LogP) is 3.30. The summed E-state index contributed by atoms with van der Waals surface area (Å²) in [5.41, 5.74) is 2.68. The zero-order valence-electron chi connectivity index (χ0n) is 8.51. The summed E-state index contributed by atoms with van der Waals surface area (Å²) in [4.78, 5) is 0. The lowest BCUT2D eigenvalue weighted by Gasteiger charge is -2.07. The molecule has 0 aliphatic rings. The molecule has 1 aromatic rings. The number of aromatic hydroxyl groups is 1. The molecule has 0 amide bonds. The molecule has 1 rings (SSSR count). The highest BCUT2D eigenvalue weighted by atomic mass is 16.3. The van der Waals surface area contributed by atoms with E-state index in [2.05, 4.69) is 13.8 Å². The van der Waals surface area contributed by atoms with E-state index in [1.165, 1.54) is 24.0 Å². The Morgan fingerprint density at radius 3 is 2.54 bits per heavy atom. The maximum absolute atomic E-state index is 9.33. The quantitative estimate of drug-likeness (QED) is 0.750. The van der Waals surface area contributed by atoms with Crippen LogP contribution in [0, 0.1) is 0 Å². The molecule has 0 aromatic heterocycles. The zero-order valence-corrected chi connectivity index (χ0v) is 8.51. The Hall–Kier alpha value is -0.980. The number of phenols is 1. The van der Waals surface area contributed by atoms with Gasteiger partial charge in [-0.25, -0.2) is 0 Å². The second kappa shape index (κ2) is 4.90. The molecule has 0 atom stereocenters. The first-order chi connectivity index (χ1) is 6.27. The second-order valence-electron chi connectivity index (χ2n) is 3.41. The molecule has 0 radical (unpaired) electrons. The van der Waals surface area contributed by atoms with Crippen molar-refractivity contribution < 1.29 is 5.11 Å². The SMILES string of the molecule is CCCCc1cc(O)ccc1CC. The molecule has 0 unspecified atom stereocenters. The van der Waals surface area contributed by atoms with E-state index in [0.717, 1.165) is 12.8 Å². The van der Waals surface area contributed by atoms with Gasteiger partial charge < -0.3 is 5.11 Å². The molecule has 0 heterocycles. The lowest BCUT2D eigenvalue weighted by molar-refractivity contribution is 0.474. The van der Waals surface area contributed by atoms with Gasteiger partial charge in [0, 0.05) is 0 Å². The first-order valence-electron chi connectivity index (χ1n) is 5.08. The fourth-order valence-corrected chi connectivity index (χ4v) is 1.56. The Morgan fingerprint density at radius 2 is 1.92 bits per heavy atom. The van der Waals surface area contributed by atoms with Crippen LogP contribution in [0.15, 0.2) is 18.2 Å². The van der Waals surface area contributed by atoms with Gasteiger partial charge in [-0.2, -0.15) is 0 Å². The van der Waals surface area contributed by atoms with Crippen molar-refractivity contribution in [1.29, 1.82) is 0 Å². The summed E-state index contributed by atoms with van der Waals surface area (Å²) < 4.78 is 0. The molecule has 13 heavy (non-hydrogen) atoms. The summed E-state index contributed by atoms with van der Waals surface area (Å²) in [5.74, 6) is 0.392. The third-order valence-corrected chi connectivity index (χ3v) is 2.37. The third-order valence-electron chi connectivity index (χ3n) is 2.37. The summed E-state index contributed by atoms with van der Waals surface area (Å²) in [6, 6.07) is 5.70. The summed E-state index contributed by atoms with van der Waals surface area (Å²) >= 11 is 0. The minimum Gasteiger partial charge on any atom is -0.508 e. The average molecular weight is 178 g/mol. The monoisotopic (exact) mass is 178 g/mol. The Bertz CT molecular complexity index is 266. The van der Waals surface area contributed by atoms with Crippen LogP contribution in [0.2, 0.25) is 0 Å². The minimum absolute atomic E-state index is 0.392. The number of hydrogen-bond donors (Lipinski definition) is 1. The first-order valence-corrected chi connectivity index (χ1v) is 5.08. The van der Waals surface area contributed by atoms with E-state index >= 15 is 0 Å². The zero-order chi connectivity index (χ0) is 9.68. The van der Waals surface area contributed by atoms with Gasteiger partial charge in [-0.15, -0.1) is 0 Å². The molecule has 0 saturated heterocycles. The fourth-order valence-electron chi connectivity index (χ4n) is 1.56. The van der Waals surface area contributed by atoms with Gasteiger partial charge in [0.05, 0.1) is 0 Å². The second-order valence-corrected chi connectivity index (χ2v) is 3.41.